The van der Waals surface area contributed by atoms with Crippen molar-refractivity contribution in [2.75, 3.05) is 78.8 Å². The molecule has 2 heterocycles. The van der Waals surface area contributed by atoms with Crippen molar-refractivity contribution in [2.24, 2.45) is 0 Å². The van der Waals surface area contributed by atoms with Crippen LogP contribution in [-0.4, -0.2) is 99.0 Å². The smallest absolute Gasteiger partial charge is 0.152 e. The summed E-state index contributed by atoms with van der Waals surface area (Å²) in [6, 6.07) is 0. The van der Waals surface area contributed by atoms with Gasteiger partial charge in [0.1, 0.15) is 39.3 Å². The van der Waals surface area contributed by atoms with E-state index in [1.165, 1.54) is 0 Å². The minimum Gasteiger partial charge on any atom is -1.00 e. The highest BCUT2D eigenvalue weighted by Crippen LogP contribution is 2.17. The molecule has 2 rings (SSSR count). The molecule has 0 radical (unpaired) electrons. The molecule has 0 unspecified atom stereocenters. The van der Waals surface area contributed by atoms with Crippen LogP contribution >= 0.6 is 0 Å². The Morgan fingerprint density at radius 2 is 1.12 bits per heavy atom. The zero-order valence-electron chi connectivity index (χ0n) is 14.5. The Kier molecular flexibility index (Phi) is 11.4. The van der Waals surface area contributed by atoms with Crippen LogP contribution in [0.4, 0.5) is 0 Å². The van der Waals surface area contributed by atoms with Gasteiger partial charge in [-0.1, -0.05) is 13.2 Å². The minimum absolute atomic E-state index is 0. The summed E-state index contributed by atoms with van der Waals surface area (Å²) >= 11 is 0. The van der Waals surface area contributed by atoms with Gasteiger partial charge in [0.25, 0.3) is 0 Å². The second-order valence-corrected chi connectivity index (χ2v) is 6.76. The molecule has 0 amide bonds. The molecule has 5 nitrogen and oxygen atoms in total. The zero-order valence-corrected chi connectivity index (χ0v) is 16.1. The number of hydrogen-bond acceptors (Lipinski definition) is 3. The largest absolute Gasteiger partial charge is 1.00 e. The van der Waals surface area contributed by atoms with Crippen molar-refractivity contribution in [1.82, 2.24) is 0 Å². The van der Waals surface area contributed by atoms with E-state index in [0.717, 1.165) is 87.8 Å². The molecule has 0 atom stereocenters. The summed E-state index contributed by atoms with van der Waals surface area (Å²) in [6.07, 6.45) is 3.64. The third-order valence-corrected chi connectivity index (χ3v) is 5.07. The number of rotatable bonds is 8. The number of aliphatic hydroxyl groups excluding tert-OH is 1. The molecule has 2 aliphatic rings. The summed E-state index contributed by atoms with van der Waals surface area (Å²) in [6.45, 7) is 18.2. The molecular formula is C17H32Cl2N2O3. The molecule has 0 bridgehead atoms. The second kappa shape index (κ2) is 11.5. The van der Waals surface area contributed by atoms with Gasteiger partial charge in [-0.25, -0.2) is 0 Å². The summed E-state index contributed by atoms with van der Waals surface area (Å²) in [5, 5.41) is 10.8. The van der Waals surface area contributed by atoms with Crippen LogP contribution in [-0.2, 0) is 9.47 Å². The number of hydrogen-bond donors (Lipinski definition) is 1. The highest BCUT2D eigenvalue weighted by Gasteiger charge is 2.37. The third-order valence-electron chi connectivity index (χ3n) is 5.07. The van der Waals surface area contributed by atoms with Crippen molar-refractivity contribution in [2.45, 2.75) is 6.10 Å². The topological polar surface area (TPSA) is 38.7 Å². The van der Waals surface area contributed by atoms with E-state index in [9.17, 15) is 5.11 Å². The van der Waals surface area contributed by atoms with E-state index in [1.807, 2.05) is 12.2 Å². The van der Waals surface area contributed by atoms with Gasteiger partial charge in [-0.3, -0.25) is 0 Å². The first kappa shape index (κ1) is 23.9. The average molecular weight is 383 g/mol. The molecule has 7 heteroatoms. The van der Waals surface area contributed by atoms with Gasteiger partial charge in [0, 0.05) is 0 Å². The van der Waals surface area contributed by atoms with Crippen LogP contribution in [0.3, 0.4) is 0 Å². The Balaban J connectivity index is 0.00000264. The molecule has 24 heavy (non-hydrogen) atoms. The summed E-state index contributed by atoms with van der Waals surface area (Å²) in [5.41, 5.74) is 0. The normalized spacial score (nSPS) is 22.1. The van der Waals surface area contributed by atoms with Gasteiger partial charge in [-0.05, 0) is 12.2 Å². The number of nitrogens with zero attached hydrogens (tertiary/aromatic N) is 2. The monoisotopic (exact) mass is 382 g/mol. The highest BCUT2D eigenvalue weighted by atomic mass is 35.5. The van der Waals surface area contributed by atoms with Crippen LogP contribution in [0, 0.1) is 0 Å². The Bertz CT molecular complexity index is 337. The molecule has 0 spiro atoms. The number of aliphatic hydroxyl groups is 1. The lowest BCUT2D eigenvalue weighted by molar-refractivity contribution is -0.952. The number of quaternary nitrogens is 2. The van der Waals surface area contributed by atoms with Crippen molar-refractivity contribution in [3.63, 3.8) is 0 Å². The van der Waals surface area contributed by atoms with E-state index in [1.54, 1.807) is 0 Å². The van der Waals surface area contributed by atoms with E-state index in [0.29, 0.717) is 0 Å². The first-order valence-corrected chi connectivity index (χ1v) is 8.39. The average Bonchev–Trinajstić information content (AvgIpc) is 2.49. The fraction of sp³-hybridized carbons (Fsp3) is 0.765. The number of ether oxygens (including phenoxy) is 2. The van der Waals surface area contributed by atoms with Crippen LogP contribution in [0.15, 0.2) is 25.3 Å². The van der Waals surface area contributed by atoms with Gasteiger partial charge < -0.3 is 48.4 Å². The van der Waals surface area contributed by atoms with Crippen LogP contribution in [0.5, 0.6) is 0 Å². The Morgan fingerprint density at radius 1 is 0.792 bits per heavy atom. The molecule has 2 aliphatic heterocycles. The predicted molar refractivity (Wildman–Crippen MR) is 87.5 cm³/mol. The molecule has 0 aromatic carbocycles. The van der Waals surface area contributed by atoms with E-state index >= 15 is 0 Å². The molecule has 2 saturated heterocycles. The number of halogens is 2. The quantitative estimate of drug-likeness (QED) is 0.336. The van der Waals surface area contributed by atoms with Crippen molar-refractivity contribution < 1.29 is 48.4 Å². The first-order valence-electron chi connectivity index (χ1n) is 8.39. The van der Waals surface area contributed by atoms with Crippen LogP contribution in [0.2, 0.25) is 0 Å². The SMILES string of the molecule is C=CC[N+]1(CC(O)C[N+]2(CC=C)CCOCC2)CCOCC1.[Cl-].[Cl-]. The van der Waals surface area contributed by atoms with E-state index in [2.05, 4.69) is 13.2 Å². The Hall–Kier alpha value is -0.140. The fourth-order valence-electron chi connectivity index (χ4n) is 3.84. The van der Waals surface area contributed by atoms with Gasteiger partial charge in [-0.15, -0.1) is 0 Å². The van der Waals surface area contributed by atoms with Gasteiger partial charge in [0.15, 0.2) is 6.10 Å². The molecule has 1 N–H and O–H groups in total. The molecule has 0 aromatic rings. The lowest BCUT2D eigenvalue weighted by atomic mass is 10.1. The van der Waals surface area contributed by atoms with Crippen molar-refractivity contribution in [3.05, 3.63) is 25.3 Å². The van der Waals surface area contributed by atoms with Gasteiger partial charge in [0.2, 0.25) is 0 Å². The molecule has 0 aliphatic carbocycles. The highest BCUT2D eigenvalue weighted by molar-refractivity contribution is 4.72. The molecular weight excluding hydrogens is 351 g/mol. The molecule has 142 valence electrons. The maximum Gasteiger partial charge on any atom is 0.152 e. The summed E-state index contributed by atoms with van der Waals surface area (Å²) in [5.74, 6) is 0. The predicted octanol–water partition coefficient (Wildman–Crippen LogP) is -5.58. The summed E-state index contributed by atoms with van der Waals surface area (Å²) in [7, 11) is 0. The second-order valence-electron chi connectivity index (χ2n) is 6.76. The van der Waals surface area contributed by atoms with Gasteiger partial charge in [0.05, 0.1) is 39.5 Å². The lowest BCUT2D eigenvalue weighted by Gasteiger charge is -2.45. The van der Waals surface area contributed by atoms with Crippen molar-refractivity contribution >= 4 is 0 Å². The van der Waals surface area contributed by atoms with E-state index in [-0.39, 0.29) is 30.9 Å². The Labute approximate surface area is 158 Å². The first-order chi connectivity index (χ1) is 10.6. The van der Waals surface area contributed by atoms with Gasteiger partial charge in [-0.2, -0.15) is 0 Å². The summed E-state index contributed by atoms with van der Waals surface area (Å²) in [4.78, 5) is 0. The van der Waals surface area contributed by atoms with Crippen LogP contribution in [0.25, 0.3) is 0 Å². The maximum absolute atomic E-state index is 10.8. The van der Waals surface area contributed by atoms with Crippen molar-refractivity contribution in [1.29, 1.82) is 0 Å². The van der Waals surface area contributed by atoms with Crippen LogP contribution < -0.4 is 24.8 Å². The zero-order chi connectivity index (χ0) is 15.9. The fourth-order valence-corrected chi connectivity index (χ4v) is 3.84. The van der Waals surface area contributed by atoms with Crippen molar-refractivity contribution in [3.8, 4) is 0 Å². The molecule has 0 aromatic heterocycles. The molecule has 0 saturated carbocycles. The van der Waals surface area contributed by atoms with Gasteiger partial charge >= 0.3 is 0 Å². The van der Waals surface area contributed by atoms with E-state index < -0.39 is 0 Å². The lowest BCUT2D eigenvalue weighted by Crippen LogP contribution is -3.00. The van der Waals surface area contributed by atoms with Crippen LogP contribution in [0.1, 0.15) is 0 Å². The number of morpholine rings is 2. The third kappa shape index (κ3) is 6.64. The maximum atomic E-state index is 10.8. The standard InChI is InChI=1S/C17H32N2O3.2ClH/c1-3-5-18(7-11-21-12-8-18)15-17(20)16-19(6-4-2)9-13-22-14-10-19;;/h3-4,17,20H,1-2,5-16H2;2*1H/q+2;;/p-2. The summed E-state index contributed by atoms with van der Waals surface area (Å²) < 4.78 is 12.8. The van der Waals surface area contributed by atoms with E-state index in [4.69, 9.17) is 9.47 Å². The molecule has 2 fully saturated rings. The Morgan fingerprint density at radius 3 is 1.42 bits per heavy atom. The minimum atomic E-state index is -0.309.